The number of rotatable bonds is 24. The molecule has 2 unspecified atom stereocenters. The van der Waals surface area contributed by atoms with Crippen molar-refractivity contribution in [1.82, 2.24) is 19.9 Å². The summed E-state index contributed by atoms with van der Waals surface area (Å²) >= 11 is 0. The van der Waals surface area contributed by atoms with Crippen LogP contribution in [0.15, 0.2) is 73.3 Å². The van der Waals surface area contributed by atoms with Crippen LogP contribution in [-0.4, -0.2) is 19.9 Å². The smallest absolute Gasteiger partial charge is 0.159 e. The highest BCUT2D eigenvalue weighted by Crippen LogP contribution is 2.47. The normalized spacial score (nSPS) is 20.7. The van der Waals surface area contributed by atoms with Crippen LogP contribution in [0.2, 0.25) is 0 Å². The molecule has 2 aromatic carbocycles. The minimum Gasteiger partial charge on any atom is -0.365 e. The quantitative estimate of drug-likeness (QED) is 0.0661. The molecule has 2 aliphatic rings. The molecule has 0 saturated heterocycles. The highest BCUT2D eigenvalue weighted by Gasteiger charge is 2.36. The molecular weight excluding hydrogens is 721 g/mol. The van der Waals surface area contributed by atoms with E-state index in [0.717, 1.165) is 47.5 Å². The predicted molar refractivity (Wildman–Crippen MR) is 247 cm³/mol. The van der Waals surface area contributed by atoms with Crippen molar-refractivity contribution in [3.8, 4) is 22.8 Å². The maximum atomic E-state index is 7.72. The molecule has 2 saturated carbocycles. The van der Waals surface area contributed by atoms with E-state index >= 15 is 0 Å². The van der Waals surface area contributed by atoms with E-state index in [1.807, 2.05) is 24.8 Å². The van der Waals surface area contributed by atoms with E-state index in [1.54, 1.807) is 0 Å². The van der Waals surface area contributed by atoms with Gasteiger partial charge in [-0.3, -0.25) is 0 Å². The van der Waals surface area contributed by atoms with Gasteiger partial charge in [-0.05, 0) is 97.3 Å². The molecule has 2 aliphatic carbocycles. The summed E-state index contributed by atoms with van der Waals surface area (Å²) in [6, 6.07) is 18.3. The minimum atomic E-state index is 0.0537. The third kappa shape index (κ3) is 13.8. The van der Waals surface area contributed by atoms with Crippen LogP contribution < -0.4 is 0 Å². The van der Waals surface area contributed by atoms with E-state index in [0.29, 0.717) is 11.8 Å². The average Bonchev–Trinajstić information content (AvgIpc) is 3.29. The zero-order chi connectivity index (χ0) is 41.1. The van der Waals surface area contributed by atoms with Crippen molar-refractivity contribution in [3.63, 3.8) is 0 Å². The SMILES string of the molecule is CCCCCc1cnc(-c2ccc(C(OC(c3ccc(-c4ncc(CCCCC)cn4)cc3)[C@H]3CC[C@H](CCCCC)CC3)[C@H]3CC[C@H](CCCCC)CC3)cc2)nc1. The molecule has 2 fully saturated rings. The maximum Gasteiger partial charge on any atom is 0.159 e. The van der Waals surface area contributed by atoms with Gasteiger partial charge < -0.3 is 4.74 Å². The van der Waals surface area contributed by atoms with Gasteiger partial charge in [-0.15, -0.1) is 0 Å². The Morgan fingerprint density at radius 3 is 1.12 bits per heavy atom. The predicted octanol–water partition coefficient (Wildman–Crippen LogP) is 15.6. The molecule has 0 N–H and O–H groups in total. The van der Waals surface area contributed by atoms with Gasteiger partial charge in [0.15, 0.2) is 11.6 Å². The van der Waals surface area contributed by atoms with Crippen LogP contribution >= 0.6 is 0 Å². The Bertz CT molecular complexity index is 1580. The van der Waals surface area contributed by atoms with Crippen LogP contribution in [0.4, 0.5) is 0 Å². The molecule has 2 heterocycles. The summed E-state index contributed by atoms with van der Waals surface area (Å²) in [7, 11) is 0. The van der Waals surface area contributed by atoms with Gasteiger partial charge >= 0.3 is 0 Å². The maximum absolute atomic E-state index is 7.72. The third-order valence-corrected chi connectivity index (χ3v) is 13.9. The molecule has 0 amide bonds. The van der Waals surface area contributed by atoms with Crippen LogP contribution in [-0.2, 0) is 17.6 Å². The molecule has 59 heavy (non-hydrogen) atoms. The average molecular weight is 799 g/mol. The van der Waals surface area contributed by atoms with Gasteiger partial charge in [0.2, 0.25) is 0 Å². The number of hydrogen-bond donors (Lipinski definition) is 0. The molecule has 5 nitrogen and oxygen atoms in total. The second-order valence-corrected chi connectivity index (χ2v) is 18.5. The Kier molecular flexibility index (Phi) is 18.9. The van der Waals surface area contributed by atoms with E-state index in [2.05, 4.69) is 76.2 Å². The van der Waals surface area contributed by atoms with Crippen LogP contribution in [0.5, 0.6) is 0 Å². The fraction of sp³-hybridized carbons (Fsp3) is 0.630. The summed E-state index contributed by atoms with van der Waals surface area (Å²) in [6.07, 6.45) is 38.8. The lowest BCUT2D eigenvalue weighted by atomic mass is 9.74. The highest BCUT2D eigenvalue weighted by atomic mass is 16.5. The number of nitrogens with zero attached hydrogens (tertiary/aromatic N) is 4. The van der Waals surface area contributed by atoms with Crippen molar-refractivity contribution in [2.45, 2.75) is 194 Å². The lowest BCUT2D eigenvalue weighted by molar-refractivity contribution is -0.0907. The van der Waals surface area contributed by atoms with Crippen LogP contribution in [0, 0.1) is 23.7 Å². The lowest BCUT2D eigenvalue weighted by Crippen LogP contribution is -2.28. The Hall–Kier alpha value is -3.44. The van der Waals surface area contributed by atoms with Crippen molar-refractivity contribution >= 4 is 0 Å². The molecule has 320 valence electrons. The fourth-order valence-corrected chi connectivity index (χ4v) is 10.1. The topological polar surface area (TPSA) is 60.8 Å². The number of aromatic nitrogens is 4. The zero-order valence-corrected chi connectivity index (χ0v) is 37.6. The van der Waals surface area contributed by atoms with E-state index in [9.17, 15) is 0 Å². The molecular formula is C54H78N4O. The number of unbranched alkanes of at least 4 members (excludes halogenated alkanes) is 8. The number of ether oxygens (including phenoxy) is 1. The van der Waals surface area contributed by atoms with Crippen molar-refractivity contribution in [1.29, 1.82) is 0 Å². The van der Waals surface area contributed by atoms with Gasteiger partial charge in [0.05, 0.1) is 12.2 Å². The molecule has 0 aliphatic heterocycles. The zero-order valence-electron chi connectivity index (χ0n) is 37.6. The van der Waals surface area contributed by atoms with Crippen molar-refractivity contribution < 1.29 is 4.74 Å². The fourth-order valence-electron chi connectivity index (χ4n) is 10.1. The van der Waals surface area contributed by atoms with Crippen molar-refractivity contribution in [2.75, 3.05) is 0 Å². The first-order valence-electron chi connectivity index (χ1n) is 24.6. The van der Waals surface area contributed by atoms with Gasteiger partial charge in [-0.25, -0.2) is 19.9 Å². The van der Waals surface area contributed by atoms with Crippen LogP contribution in [0.3, 0.4) is 0 Å². The summed E-state index contributed by atoms with van der Waals surface area (Å²) < 4.78 is 7.72. The Balaban J connectivity index is 1.24. The van der Waals surface area contributed by atoms with Crippen molar-refractivity contribution in [2.24, 2.45) is 23.7 Å². The van der Waals surface area contributed by atoms with Crippen LogP contribution in [0.25, 0.3) is 22.8 Å². The Morgan fingerprint density at radius 2 is 0.780 bits per heavy atom. The van der Waals surface area contributed by atoms with Gasteiger partial charge in [-0.2, -0.15) is 0 Å². The van der Waals surface area contributed by atoms with E-state index < -0.39 is 0 Å². The second kappa shape index (κ2) is 24.7. The first kappa shape index (κ1) is 45.1. The molecule has 2 aromatic heterocycles. The first-order valence-corrected chi connectivity index (χ1v) is 24.6. The summed E-state index contributed by atoms with van der Waals surface area (Å²) in [4.78, 5) is 19.2. The lowest BCUT2D eigenvalue weighted by Gasteiger charge is -2.40. The van der Waals surface area contributed by atoms with Gasteiger partial charge in [0, 0.05) is 35.9 Å². The molecule has 4 aromatic rings. The third-order valence-electron chi connectivity index (χ3n) is 13.9. The Morgan fingerprint density at radius 1 is 0.441 bits per heavy atom. The summed E-state index contributed by atoms with van der Waals surface area (Å²) in [6.45, 7) is 9.15. The summed E-state index contributed by atoms with van der Waals surface area (Å²) in [5.41, 5.74) is 7.24. The molecule has 6 rings (SSSR count). The summed E-state index contributed by atoms with van der Waals surface area (Å²) in [5.74, 6) is 4.37. The van der Waals surface area contributed by atoms with Gasteiger partial charge in [-0.1, -0.05) is 179 Å². The van der Waals surface area contributed by atoms with Crippen LogP contribution in [0.1, 0.15) is 203 Å². The largest absolute Gasteiger partial charge is 0.365 e. The van der Waals surface area contributed by atoms with Gasteiger partial charge in [0.1, 0.15) is 0 Å². The molecule has 2 atom stereocenters. The molecule has 5 heteroatoms. The minimum absolute atomic E-state index is 0.0537. The molecule has 0 radical (unpaired) electrons. The van der Waals surface area contributed by atoms with Crippen molar-refractivity contribution in [3.05, 3.63) is 95.6 Å². The standard InChI is InChI=1S/C54H78N4O/c1-5-9-13-17-41-21-25-45(26-22-41)51(47-29-33-49(34-30-47)53-55-37-43(38-56-53)19-15-11-7-3)59-52(46-27-23-42(24-28-46)18-14-10-6-2)48-31-35-50(36-32-48)54-57-39-44(40-58-54)20-16-12-8-4/h29-42,45-46,51-52H,5-28H2,1-4H3/t41-,42-,45-,46-,51?,52?. The monoisotopic (exact) mass is 799 g/mol. The second-order valence-electron chi connectivity index (χ2n) is 18.5. The van der Waals surface area contributed by atoms with E-state index in [1.165, 1.54) is 164 Å². The van der Waals surface area contributed by atoms with E-state index in [-0.39, 0.29) is 12.2 Å². The first-order chi connectivity index (χ1) is 29.1. The number of benzene rings is 2. The number of hydrogen-bond acceptors (Lipinski definition) is 5. The molecule has 0 bridgehead atoms. The van der Waals surface area contributed by atoms with Gasteiger partial charge in [0.25, 0.3) is 0 Å². The molecule has 0 spiro atoms. The Labute approximate surface area is 359 Å². The number of aryl methyl sites for hydroxylation is 2. The van der Waals surface area contributed by atoms with E-state index in [4.69, 9.17) is 24.7 Å². The summed E-state index contributed by atoms with van der Waals surface area (Å²) in [5, 5.41) is 0. The highest BCUT2D eigenvalue weighted by molar-refractivity contribution is 5.56.